The van der Waals surface area contributed by atoms with Gasteiger partial charge in [0.05, 0.1) is 0 Å². The second-order valence-corrected chi connectivity index (χ2v) is 7.81. The summed E-state index contributed by atoms with van der Waals surface area (Å²) in [5.41, 5.74) is 4.26. The molecule has 0 aliphatic carbocycles. The number of aryl methyl sites for hydroxylation is 2. The third-order valence-electron chi connectivity index (χ3n) is 5.25. The number of carbonyl (C=O) groups excluding carboxylic acids is 3. The van der Waals surface area contributed by atoms with Crippen LogP contribution in [0.1, 0.15) is 31.4 Å². The second-order valence-electron chi connectivity index (χ2n) is 7.81. The first kappa shape index (κ1) is 20.6. The number of rotatable bonds is 5. The molecule has 1 atom stereocenters. The number of carbonyl (C=O) groups is 3. The third kappa shape index (κ3) is 4.65. The van der Waals surface area contributed by atoms with Gasteiger partial charge in [-0.3, -0.25) is 14.4 Å². The van der Waals surface area contributed by atoms with Crippen LogP contribution in [0.2, 0.25) is 0 Å². The quantitative estimate of drug-likeness (QED) is 0.757. The Morgan fingerprint density at radius 3 is 2.34 bits per heavy atom. The van der Waals surface area contributed by atoms with Crippen molar-refractivity contribution >= 4 is 34.8 Å². The van der Waals surface area contributed by atoms with Crippen molar-refractivity contribution in [1.82, 2.24) is 0 Å². The fraction of sp³-hybridized carbons (Fsp3) is 0.348. The van der Waals surface area contributed by atoms with Crippen LogP contribution in [0.3, 0.4) is 0 Å². The van der Waals surface area contributed by atoms with Crippen molar-refractivity contribution in [2.24, 2.45) is 11.8 Å². The lowest BCUT2D eigenvalue weighted by Gasteiger charge is -2.18. The molecular formula is C23H27N3O3. The SMILES string of the molecule is Cc1ccc(N2CCC(C(=O)Nc3cccc(NC(=O)C(C)C)c3)C2=O)cc1C. The van der Waals surface area contributed by atoms with E-state index in [1.807, 2.05) is 45.9 Å². The number of amides is 3. The number of benzene rings is 2. The Balaban J connectivity index is 1.68. The summed E-state index contributed by atoms with van der Waals surface area (Å²) >= 11 is 0. The number of hydrogen-bond donors (Lipinski definition) is 2. The van der Waals surface area contributed by atoms with Crippen LogP contribution in [0, 0.1) is 25.7 Å². The number of hydrogen-bond acceptors (Lipinski definition) is 3. The average Bonchev–Trinajstić information content (AvgIpc) is 3.05. The van der Waals surface area contributed by atoms with E-state index >= 15 is 0 Å². The number of nitrogens with one attached hydrogen (secondary N) is 2. The molecule has 0 saturated carbocycles. The molecule has 2 N–H and O–H groups in total. The third-order valence-corrected chi connectivity index (χ3v) is 5.25. The minimum Gasteiger partial charge on any atom is -0.326 e. The molecule has 1 unspecified atom stereocenters. The van der Waals surface area contributed by atoms with Gasteiger partial charge in [-0.2, -0.15) is 0 Å². The van der Waals surface area contributed by atoms with Crippen LogP contribution in [0.4, 0.5) is 17.1 Å². The van der Waals surface area contributed by atoms with Gasteiger partial charge in [0.25, 0.3) is 0 Å². The van der Waals surface area contributed by atoms with Crippen LogP contribution >= 0.6 is 0 Å². The van der Waals surface area contributed by atoms with Gasteiger partial charge in [-0.1, -0.05) is 26.0 Å². The van der Waals surface area contributed by atoms with Gasteiger partial charge in [-0.25, -0.2) is 0 Å². The van der Waals surface area contributed by atoms with Gasteiger partial charge in [0.15, 0.2) is 0 Å². The minimum absolute atomic E-state index is 0.0940. The van der Waals surface area contributed by atoms with Crippen LogP contribution in [-0.2, 0) is 14.4 Å². The van der Waals surface area contributed by atoms with E-state index in [9.17, 15) is 14.4 Å². The van der Waals surface area contributed by atoms with Crippen LogP contribution < -0.4 is 15.5 Å². The predicted molar refractivity (Wildman–Crippen MR) is 115 cm³/mol. The predicted octanol–water partition coefficient (Wildman–Crippen LogP) is 3.89. The normalized spacial score (nSPS) is 16.2. The maximum Gasteiger partial charge on any atom is 0.239 e. The van der Waals surface area contributed by atoms with E-state index in [2.05, 4.69) is 10.6 Å². The molecule has 152 valence electrons. The Kier molecular flexibility index (Phi) is 6.01. The molecule has 0 bridgehead atoms. The van der Waals surface area contributed by atoms with Crippen molar-refractivity contribution in [2.45, 2.75) is 34.1 Å². The lowest BCUT2D eigenvalue weighted by Crippen LogP contribution is -2.33. The van der Waals surface area contributed by atoms with Crippen LogP contribution in [-0.4, -0.2) is 24.3 Å². The Labute approximate surface area is 171 Å². The summed E-state index contributed by atoms with van der Waals surface area (Å²) in [6.45, 7) is 8.18. The highest BCUT2D eigenvalue weighted by molar-refractivity contribution is 6.13. The first-order valence-electron chi connectivity index (χ1n) is 9.86. The van der Waals surface area contributed by atoms with Crippen molar-refractivity contribution in [3.8, 4) is 0 Å². The fourth-order valence-corrected chi connectivity index (χ4v) is 3.26. The zero-order valence-corrected chi connectivity index (χ0v) is 17.3. The van der Waals surface area contributed by atoms with Gasteiger partial charge in [-0.15, -0.1) is 0 Å². The smallest absolute Gasteiger partial charge is 0.239 e. The van der Waals surface area contributed by atoms with E-state index in [1.165, 1.54) is 5.56 Å². The summed E-state index contributed by atoms with van der Waals surface area (Å²) in [5.74, 6) is -1.46. The average molecular weight is 393 g/mol. The van der Waals surface area contributed by atoms with E-state index in [4.69, 9.17) is 0 Å². The summed E-state index contributed by atoms with van der Waals surface area (Å²) in [5, 5.41) is 5.62. The van der Waals surface area contributed by atoms with Crippen LogP contribution in [0.15, 0.2) is 42.5 Å². The van der Waals surface area contributed by atoms with Gasteiger partial charge >= 0.3 is 0 Å². The van der Waals surface area contributed by atoms with E-state index in [1.54, 1.807) is 29.2 Å². The monoisotopic (exact) mass is 393 g/mol. The molecule has 1 aliphatic heterocycles. The van der Waals surface area contributed by atoms with Crippen LogP contribution in [0.5, 0.6) is 0 Å². The van der Waals surface area contributed by atoms with Crippen molar-refractivity contribution < 1.29 is 14.4 Å². The molecule has 1 fully saturated rings. The molecule has 3 rings (SSSR count). The summed E-state index contributed by atoms with van der Waals surface area (Å²) < 4.78 is 0. The van der Waals surface area contributed by atoms with Gasteiger partial charge in [0, 0.05) is 29.5 Å². The first-order valence-corrected chi connectivity index (χ1v) is 9.86. The molecule has 0 aromatic heterocycles. The summed E-state index contributed by atoms with van der Waals surface area (Å²) in [7, 11) is 0. The van der Waals surface area contributed by atoms with Crippen LogP contribution in [0.25, 0.3) is 0 Å². The molecule has 3 amide bonds. The fourth-order valence-electron chi connectivity index (χ4n) is 3.26. The summed E-state index contributed by atoms with van der Waals surface area (Å²) in [4.78, 5) is 39.1. The maximum absolute atomic E-state index is 12.8. The minimum atomic E-state index is -0.717. The summed E-state index contributed by atoms with van der Waals surface area (Å²) in [6, 6.07) is 12.8. The molecular weight excluding hydrogens is 366 g/mol. The van der Waals surface area contributed by atoms with Crippen molar-refractivity contribution in [2.75, 3.05) is 22.1 Å². The van der Waals surface area contributed by atoms with Gasteiger partial charge in [-0.05, 0) is 61.7 Å². The highest BCUT2D eigenvalue weighted by Crippen LogP contribution is 2.28. The number of nitrogens with zero attached hydrogens (tertiary/aromatic N) is 1. The number of anilines is 3. The topological polar surface area (TPSA) is 78.5 Å². The van der Waals surface area contributed by atoms with Crippen molar-refractivity contribution in [1.29, 1.82) is 0 Å². The molecule has 29 heavy (non-hydrogen) atoms. The largest absolute Gasteiger partial charge is 0.326 e. The Morgan fingerprint density at radius 1 is 1.00 bits per heavy atom. The van der Waals surface area contributed by atoms with Gasteiger partial charge in [0.1, 0.15) is 5.92 Å². The molecule has 6 heteroatoms. The van der Waals surface area contributed by atoms with Gasteiger partial charge in [0.2, 0.25) is 17.7 Å². The van der Waals surface area contributed by atoms with Gasteiger partial charge < -0.3 is 15.5 Å². The molecule has 1 aliphatic rings. The molecule has 2 aromatic carbocycles. The van der Waals surface area contributed by atoms with Crippen molar-refractivity contribution in [3.63, 3.8) is 0 Å². The molecule has 1 saturated heterocycles. The molecule has 0 radical (unpaired) electrons. The standard InChI is InChI=1S/C23H27N3O3/c1-14(2)21(27)24-17-6-5-7-18(13-17)25-22(28)20-10-11-26(23(20)29)19-9-8-15(3)16(4)12-19/h5-9,12-14,20H,10-11H2,1-4H3,(H,24,27)(H,25,28). The van der Waals surface area contributed by atoms with E-state index in [0.717, 1.165) is 11.3 Å². The zero-order valence-electron chi connectivity index (χ0n) is 17.3. The lowest BCUT2D eigenvalue weighted by atomic mass is 10.1. The van der Waals surface area contributed by atoms with E-state index in [0.29, 0.717) is 24.3 Å². The van der Waals surface area contributed by atoms with E-state index < -0.39 is 5.92 Å². The van der Waals surface area contributed by atoms with Crippen molar-refractivity contribution in [3.05, 3.63) is 53.6 Å². The Bertz CT molecular complexity index is 952. The molecule has 2 aromatic rings. The molecule has 6 nitrogen and oxygen atoms in total. The summed E-state index contributed by atoms with van der Waals surface area (Å²) in [6.07, 6.45) is 0.474. The first-order chi connectivity index (χ1) is 13.8. The van der Waals surface area contributed by atoms with E-state index in [-0.39, 0.29) is 23.6 Å². The Hall–Kier alpha value is -3.15. The highest BCUT2D eigenvalue weighted by atomic mass is 16.2. The molecule has 0 spiro atoms. The zero-order chi connectivity index (χ0) is 21.1. The lowest BCUT2D eigenvalue weighted by molar-refractivity contribution is -0.129. The maximum atomic E-state index is 12.8. The Morgan fingerprint density at radius 2 is 1.69 bits per heavy atom. The molecule has 1 heterocycles. The second kappa shape index (κ2) is 8.47. The highest BCUT2D eigenvalue weighted by Gasteiger charge is 2.37.